The van der Waals surface area contributed by atoms with Gasteiger partial charge in [-0.2, -0.15) is 5.10 Å². The van der Waals surface area contributed by atoms with Crippen molar-refractivity contribution in [3.8, 4) is 11.5 Å². The summed E-state index contributed by atoms with van der Waals surface area (Å²) in [5.74, 6) is 2.05. The van der Waals surface area contributed by atoms with Crippen LogP contribution in [-0.4, -0.2) is 31.1 Å². The van der Waals surface area contributed by atoms with Crippen molar-refractivity contribution in [2.45, 2.75) is 18.2 Å². The van der Waals surface area contributed by atoms with Gasteiger partial charge in [-0.1, -0.05) is 17.7 Å². The Bertz CT molecular complexity index is 760. The molecule has 0 bridgehead atoms. The average Bonchev–Trinajstić information content (AvgIpc) is 2.63. The molecule has 6 heteroatoms. The molecule has 0 unspecified atom stereocenters. The minimum atomic E-state index is -0.103. The monoisotopic (exact) mass is 356 g/mol. The molecule has 1 heterocycles. The van der Waals surface area contributed by atoms with Crippen LogP contribution in [0.5, 0.6) is 11.5 Å². The lowest BCUT2D eigenvalue weighted by Gasteiger charge is -2.18. The molecule has 1 N–H and O–H groups in total. The smallest absolute Gasteiger partial charge is 0.240 e. The van der Waals surface area contributed by atoms with E-state index in [1.54, 1.807) is 18.0 Å². The van der Waals surface area contributed by atoms with E-state index >= 15 is 0 Å². The molecular weight excluding hydrogens is 336 g/mol. The van der Waals surface area contributed by atoms with Crippen molar-refractivity contribution < 1.29 is 14.3 Å². The van der Waals surface area contributed by atoms with Crippen LogP contribution in [0.25, 0.3) is 0 Å². The van der Waals surface area contributed by atoms with Crippen LogP contribution in [0.1, 0.15) is 17.5 Å². The van der Waals surface area contributed by atoms with Crippen LogP contribution >= 0.6 is 11.8 Å². The predicted octanol–water partition coefficient (Wildman–Crippen LogP) is 3.40. The fourth-order valence-electron chi connectivity index (χ4n) is 2.27. The molecule has 1 amide bonds. The zero-order valence-corrected chi connectivity index (χ0v) is 14.8. The summed E-state index contributed by atoms with van der Waals surface area (Å²) in [6, 6.07) is 13.8. The number of fused-ring (bicyclic) bond motifs is 1. The van der Waals surface area contributed by atoms with Gasteiger partial charge in [-0.05, 0) is 42.8 Å². The van der Waals surface area contributed by atoms with Gasteiger partial charge in [0.1, 0.15) is 13.2 Å². The third-order valence-electron chi connectivity index (χ3n) is 3.59. The lowest BCUT2D eigenvalue weighted by Crippen LogP contribution is -2.18. The van der Waals surface area contributed by atoms with E-state index in [2.05, 4.69) is 41.7 Å². The maximum Gasteiger partial charge on any atom is 0.240 e. The highest BCUT2D eigenvalue weighted by atomic mass is 32.2. The topological polar surface area (TPSA) is 59.9 Å². The Hall–Kier alpha value is -2.47. The van der Waals surface area contributed by atoms with E-state index in [1.165, 1.54) is 5.56 Å². The van der Waals surface area contributed by atoms with Crippen LogP contribution < -0.4 is 14.9 Å². The minimum Gasteiger partial charge on any atom is -0.486 e. The molecule has 25 heavy (non-hydrogen) atoms. The summed E-state index contributed by atoms with van der Waals surface area (Å²) >= 11 is 1.66. The van der Waals surface area contributed by atoms with Gasteiger partial charge in [0.2, 0.25) is 5.91 Å². The van der Waals surface area contributed by atoms with E-state index in [-0.39, 0.29) is 5.91 Å². The van der Waals surface area contributed by atoms with Crippen molar-refractivity contribution in [1.29, 1.82) is 0 Å². The SMILES string of the molecule is Cc1ccc(SCCC(=O)N/N=C/c2ccc3c(c2)OCCO3)cc1. The Morgan fingerprint density at radius 1 is 1.16 bits per heavy atom. The van der Waals surface area contributed by atoms with Gasteiger partial charge in [0, 0.05) is 17.1 Å². The number of nitrogens with zero attached hydrogens (tertiary/aromatic N) is 1. The van der Waals surface area contributed by atoms with Crippen LogP contribution in [0.15, 0.2) is 52.5 Å². The summed E-state index contributed by atoms with van der Waals surface area (Å²) in [4.78, 5) is 13.0. The van der Waals surface area contributed by atoms with Gasteiger partial charge in [0.25, 0.3) is 0 Å². The van der Waals surface area contributed by atoms with E-state index in [0.717, 1.165) is 16.2 Å². The van der Waals surface area contributed by atoms with Gasteiger partial charge >= 0.3 is 0 Å². The third-order valence-corrected chi connectivity index (χ3v) is 4.60. The number of ether oxygens (including phenoxy) is 2. The summed E-state index contributed by atoms with van der Waals surface area (Å²) in [5, 5.41) is 4.00. The molecule has 0 saturated heterocycles. The highest BCUT2D eigenvalue weighted by molar-refractivity contribution is 7.99. The fraction of sp³-hybridized carbons (Fsp3) is 0.263. The molecule has 0 aliphatic carbocycles. The first-order valence-corrected chi connectivity index (χ1v) is 9.10. The van der Waals surface area contributed by atoms with Gasteiger partial charge < -0.3 is 9.47 Å². The largest absolute Gasteiger partial charge is 0.486 e. The number of nitrogens with one attached hydrogen (secondary N) is 1. The maximum absolute atomic E-state index is 11.8. The molecule has 2 aromatic carbocycles. The minimum absolute atomic E-state index is 0.103. The molecule has 0 saturated carbocycles. The van der Waals surface area contributed by atoms with Crippen molar-refractivity contribution in [3.63, 3.8) is 0 Å². The highest BCUT2D eigenvalue weighted by Gasteiger charge is 2.10. The third kappa shape index (κ3) is 5.26. The Morgan fingerprint density at radius 2 is 1.92 bits per heavy atom. The molecule has 3 rings (SSSR count). The van der Waals surface area contributed by atoms with Crippen molar-refractivity contribution in [2.75, 3.05) is 19.0 Å². The first-order chi connectivity index (χ1) is 12.2. The molecule has 130 valence electrons. The van der Waals surface area contributed by atoms with Gasteiger partial charge in [-0.3, -0.25) is 4.79 Å². The Morgan fingerprint density at radius 3 is 2.72 bits per heavy atom. The van der Waals surface area contributed by atoms with Crippen LogP contribution in [-0.2, 0) is 4.79 Å². The molecule has 0 aromatic heterocycles. The second-order valence-electron chi connectivity index (χ2n) is 5.61. The Balaban J connectivity index is 1.42. The van der Waals surface area contributed by atoms with E-state index < -0.39 is 0 Å². The van der Waals surface area contributed by atoms with Crippen molar-refractivity contribution in [2.24, 2.45) is 5.10 Å². The number of hydrogen-bond donors (Lipinski definition) is 1. The summed E-state index contributed by atoms with van der Waals surface area (Å²) < 4.78 is 11.0. The fourth-order valence-corrected chi connectivity index (χ4v) is 3.12. The second-order valence-corrected chi connectivity index (χ2v) is 6.78. The number of thioether (sulfide) groups is 1. The van der Waals surface area contributed by atoms with Crippen molar-refractivity contribution in [3.05, 3.63) is 53.6 Å². The molecule has 0 radical (unpaired) electrons. The van der Waals surface area contributed by atoms with Gasteiger partial charge in [0.15, 0.2) is 11.5 Å². The molecule has 2 aromatic rings. The quantitative estimate of drug-likeness (QED) is 0.490. The van der Waals surface area contributed by atoms with Crippen molar-refractivity contribution in [1.82, 2.24) is 5.43 Å². The molecule has 0 atom stereocenters. The summed E-state index contributed by atoms with van der Waals surface area (Å²) in [7, 11) is 0. The summed E-state index contributed by atoms with van der Waals surface area (Å²) in [6.45, 7) is 3.17. The van der Waals surface area contributed by atoms with E-state index in [1.807, 2.05) is 18.2 Å². The van der Waals surface area contributed by atoms with Crippen LogP contribution in [0.2, 0.25) is 0 Å². The Kier molecular flexibility index (Phi) is 5.95. The molecule has 0 fully saturated rings. The maximum atomic E-state index is 11.8. The zero-order chi connectivity index (χ0) is 17.5. The first-order valence-electron chi connectivity index (χ1n) is 8.12. The lowest BCUT2D eigenvalue weighted by atomic mass is 10.2. The number of aryl methyl sites for hydroxylation is 1. The van der Waals surface area contributed by atoms with Gasteiger partial charge in [0.05, 0.1) is 6.21 Å². The predicted molar refractivity (Wildman–Crippen MR) is 99.7 cm³/mol. The van der Waals surface area contributed by atoms with E-state index in [4.69, 9.17) is 9.47 Å². The molecule has 1 aliphatic rings. The number of carbonyl (C=O) groups is 1. The standard InChI is InChI=1S/C19H20N2O3S/c1-14-2-5-16(6-3-14)25-11-8-19(22)21-20-13-15-4-7-17-18(12-15)24-10-9-23-17/h2-7,12-13H,8-11H2,1H3,(H,21,22)/b20-13+. The number of hydrogen-bond acceptors (Lipinski definition) is 5. The number of carbonyl (C=O) groups excluding carboxylic acids is 1. The molecular formula is C19H20N2O3S. The lowest BCUT2D eigenvalue weighted by molar-refractivity contribution is -0.120. The number of rotatable bonds is 6. The Labute approximate surface area is 151 Å². The average molecular weight is 356 g/mol. The number of benzene rings is 2. The van der Waals surface area contributed by atoms with Gasteiger partial charge in [-0.25, -0.2) is 5.43 Å². The molecule has 5 nitrogen and oxygen atoms in total. The number of hydrazone groups is 1. The van der Waals surface area contributed by atoms with Crippen molar-refractivity contribution >= 4 is 23.9 Å². The first kappa shape index (κ1) is 17.4. The van der Waals surface area contributed by atoms with Gasteiger partial charge in [-0.15, -0.1) is 11.8 Å². The van der Waals surface area contributed by atoms with Crippen LogP contribution in [0, 0.1) is 6.92 Å². The van der Waals surface area contributed by atoms with Crippen LogP contribution in [0.4, 0.5) is 0 Å². The van der Waals surface area contributed by atoms with Crippen LogP contribution in [0.3, 0.4) is 0 Å². The normalized spacial score (nSPS) is 13.0. The highest BCUT2D eigenvalue weighted by Crippen LogP contribution is 2.30. The summed E-state index contributed by atoms with van der Waals surface area (Å²) in [6.07, 6.45) is 2.01. The second kappa shape index (κ2) is 8.58. The summed E-state index contributed by atoms with van der Waals surface area (Å²) in [5.41, 5.74) is 4.63. The molecule has 1 aliphatic heterocycles. The van der Waals surface area contributed by atoms with E-state index in [9.17, 15) is 4.79 Å². The molecule has 0 spiro atoms. The number of amides is 1. The zero-order valence-electron chi connectivity index (χ0n) is 14.0. The van der Waals surface area contributed by atoms with E-state index in [0.29, 0.717) is 31.1 Å².